The Hall–Kier alpha value is -2.61. The van der Waals surface area contributed by atoms with Gasteiger partial charge in [-0.2, -0.15) is 5.10 Å². The van der Waals surface area contributed by atoms with E-state index in [9.17, 15) is 14.9 Å². The maximum atomic E-state index is 11.6. The van der Waals surface area contributed by atoms with Gasteiger partial charge in [-0.25, -0.2) is 5.43 Å². The molecule has 0 radical (unpaired) electrons. The van der Waals surface area contributed by atoms with Gasteiger partial charge in [0, 0.05) is 18.5 Å². The Bertz CT molecular complexity index is 682. The largest absolute Gasteiger partial charge is 0.283 e. The maximum Gasteiger partial charge on any atom is 0.283 e. The summed E-state index contributed by atoms with van der Waals surface area (Å²) in [5, 5.41) is 14.5. The van der Waals surface area contributed by atoms with Gasteiger partial charge in [0.05, 0.1) is 27.3 Å². The van der Waals surface area contributed by atoms with E-state index in [1.165, 1.54) is 23.6 Å². The average Bonchev–Trinajstić information content (AvgIpc) is 2.81. The zero-order valence-electron chi connectivity index (χ0n) is 11.1. The lowest BCUT2D eigenvalue weighted by atomic mass is 10.2. The molecule has 0 aliphatic rings. The predicted octanol–water partition coefficient (Wildman–Crippen LogP) is 2.05. The number of aryl methyl sites for hydroxylation is 1. The van der Waals surface area contributed by atoms with Crippen LogP contribution in [0.2, 0.25) is 0 Å². The van der Waals surface area contributed by atoms with Crippen molar-refractivity contribution in [2.45, 2.75) is 13.3 Å². The molecular formula is C13H12N4O3S. The van der Waals surface area contributed by atoms with Gasteiger partial charge in [-0.1, -0.05) is 6.07 Å². The number of hydrogen-bond donors (Lipinski definition) is 1. The van der Waals surface area contributed by atoms with Crippen LogP contribution in [0, 0.1) is 17.0 Å². The van der Waals surface area contributed by atoms with Gasteiger partial charge >= 0.3 is 0 Å². The number of nitro groups is 1. The third kappa shape index (κ3) is 4.18. The van der Waals surface area contributed by atoms with Crippen molar-refractivity contribution < 1.29 is 9.72 Å². The lowest BCUT2D eigenvalue weighted by molar-refractivity contribution is -0.385. The first-order chi connectivity index (χ1) is 10.1. The Morgan fingerprint density at radius 1 is 1.62 bits per heavy atom. The molecule has 2 heterocycles. The van der Waals surface area contributed by atoms with E-state index in [0.717, 1.165) is 5.56 Å². The molecule has 0 spiro atoms. The maximum absolute atomic E-state index is 11.6. The van der Waals surface area contributed by atoms with Crippen LogP contribution < -0.4 is 5.43 Å². The van der Waals surface area contributed by atoms with E-state index in [4.69, 9.17) is 0 Å². The lowest BCUT2D eigenvalue weighted by Crippen LogP contribution is -2.19. The van der Waals surface area contributed by atoms with Crippen LogP contribution in [0.15, 0.2) is 35.7 Å². The Morgan fingerprint density at radius 2 is 2.43 bits per heavy atom. The topological polar surface area (TPSA) is 97.5 Å². The van der Waals surface area contributed by atoms with E-state index in [0.29, 0.717) is 9.75 Å². The number of carbonyl (C=O) groups excluding carboxylic acids is 1. The Labute approximate surface area is 124 Å². The van der Waals surface area contributed by atoms with Crippen molar-refractivity contribution in [1.82, 2.24) is 10.4 Å². The van der Waals surface area contributed by atoms with Crippen molar-refractivity contribution >= 4 is 29.1 Å². The third-order valence-electron chi connectivity index (χ3n) is 2.58. The highest BCUT2D eigenvalue weighted by Crippen LogP contribution is 2.26. The van der Waals surface area contributed by atoms with Crippen molar-refractivity contribution in [3.63, 3.8) is 0 Å². The fourth-order valence-corrected chi connectivity index (χ4v) is 2.50. The molecule has 21 heavy (non-hydrogen) atoms. The third-order valence-corrected chi connectivity index (χ3v) is 3.55. The van der Waals surface area contributed by atoms with Gasteiger partial charge in [0.1, 0.15) is 0 Å². The Kier molecular flexibility index (Phi) is 4.72. The minimum Gasteiger partial charge on any atom is -0.273 e. The van der Waals surface area contributed by atoms with E-state index in [-0.39, 0.29) is 18.0 Å². The molecule has 0 fully saturated rings. The molecule has 1 amide bonds. The second-order valence-electron chi connectivity index (χ2n) is 4.18. The molecule has 2 rings (SSSR count). The van der Waals surface area contributed by atoms with Crippen LogP contribution in [0.4, 0.5) is 5.69 Å². The number of thiophene rings is 1. The molecular weight excluding hydrogens is 292 g/mol. The number of hydrogen-bond acceptors (Lipinski definition) is 6. The summed E-state index contributed by atoms with van der Waals surface area (Å²) in [6.07, 6.45) is 4.81. The quantitative estimate of drug-likeness (QED) is 0.519. The van der Waals surface area contributed by atoms with E-state index in [1.54, 1.807) is 31.5 Å². The van der Waals surface area contributed by atoms with Crippen LogP contribution in [0.25, 0.3) is 0 Å². The highest BCUT2D eigenvalue weighted by Gasteiger charge is 2.14. The van der Waals surface area contributed by atoms with Crippen LogP contribution in [-0.2, 0) is 11.2 Å². The van der Waals surface area contributed by atoms with Gasteiger partial charge < -0.3 is 0 Å². The fourth-order valence-electron chi connectivity index (χ4n) is 1.64. The van der Waals surface area contributed by atoms with Crippen LogP contribution in [0.1, 0.15) is 15.3 Å². The molecule has 8 heteroatoms. The molecule has 2 aromatic rings. The number of pyridine rings is 1. The molecule has 2 aromatic heterocycles. The minimum atomic E-state index is -0.440. The molecule has 0 saturated heterocycles. The molecule has 0 atom stereocenters. The standard InChI is InChI=1S/C13H12N4O3S/c1-9-12(17(19)20)6-11(21-9)8-15-16-13(18)5-10-3-2-4-14-7-10/h2-4,6-8H,5H2,1H3,(H,16,18). The van der Waals surface area contributed by atoms with Gasteiger partial charge in [-0.3, -0.25) is 19.9 Å². The first-order valence-electron chi connectivity index (χ1n) is 6.02. The second-order valence-corrected chi connectivity index (χ2v) is 5.47. The molecule has 1 N–H and O–H groups in total. The number of hydrazone groups is 1. The predicted molar refractivity (Wildman–Crippen MR) is 79.4 cm³/mol. The summed E-state index contributed by atoms with van der Waals surface area (Å²) in [5.41, 5.74) is 3.22. The lowest BCUT2D eigenvalue weighted by Gasteiger charge is -1.98. The summed E-state index contributed by atoms with van der Waals surface area (Å²) in [6.45, 7) is 1.67. The number of amides is 1. The Morgan fingerprint density at radius 3 is 3.05 bits per heavy atom. The summed E-state index contributed by atoms with van der Waals surface area (Å²) in [7, 11) is 0. The summed E-state index contributed by atoms with van der Waals surface area (Å²) < 4.78 is 0. The summed E-state index contributed by atoms with van der Waals surface area (Å²) in [5.74, 6) is -0.276. The van der Waals surface area contributed by atoms with E-state index in [2.05, 4.69) is 15.5 Å². The molecule has 108 valence electrons. The molecule has 0 aliphatic heterocycles. The molecule has 0 bridgehead atoms. The fraction of sp³-hybridized carbons (Fsp3) is 0.154. The van der Waals surface area contributed by atoms with Gasteiger partial charge in [-0.05, 0) is 18.6 Å². The van der Waals surface area contributed by atoms with Crippen molar-refractivity contribution in [3.05, 3.63) is 56.0 Å². The van der Waals surface area contributed by atoms with Crippen molar-refractivity contribution in [2.75, 3.05) is 0 Å². The zero-order chi connectivity index (χ0) is 15.2. The van der Waals surface area contributed by atoms with Gasteiger partial charge in [0.15, 0.2) is 0 Å². The molecule has 7 nitrogen and oxygen atoms in total. The van der Waals surface area contributed by atoms with Crippen LogP contribution in [0.5, 0.6) is 0 Å². The first-order valence-corrected chi connectivity index (χ1v) is 6.83. The molecule has 0 saturated carbocycles. The van der Waals surface area contributed by atoms with Crippen molar-refractivity contribution in [3.8, 4) is 0 Å². The highest BCUT2D eigenvalue weighted by molar-refractivity contribution is 7.14. The van der Waals surface area contributed by atoms with E-state index >= 15 is 0 Å². The normalized spacial score (nSPS) is 10.7. The van der Waals surface area contributed by atoms with Crippen LogP contribution in [-0.4, -0.2) is 22.0 Å². The zero-order valence-corrected chi connectivity index (χ0v) is 12.0. The first kappa shape index (κ1) is 14.8. The highest BCUT2D eigenvalue weighted by atomic mass is 32.1. The number of nitrogens with one attached hydrogen (secondary N) is 1. The summed E-state index contributed by atoms with van der Waals surface area (Å²) in [6, 6.07) is 4.97. The van der Waals surface area contributed by atoms with Crippen molar-refractivity contribution in [2.24, 2.45) is 5.10 Å². The number of carbonyl (C=O) groups is 1. The van der Waals surface area contributed by atoms with Gasteiger partial charge in [0.2, 0.25) is 5.91 Å². The molecule has 0 aromatic carbocycles. The van der Waals surface area contributed by atoms with Crippen LogP contribution >= 0.6 is 11.3 Å². The molecule has 0 unspecified atom stereocenters. The smallest absolute Gasteiger partial charge is 0.273 e. The Balaban J connectivity index is 1.92. The second kappa shape index (κ2) is 6.71. The summed E-state index contributed by atoms with van der Waals surface area (Å²) in [4.78, 5) is 27.0. The molecule has 0 aliphatic carbocycles. The SMILES string of the molecule is Cc1sc(C=NNC(=O)Cc2cccnc2)cc1[N+](=O)[O-]. The van der Waals surface area contributed by atoms with Gasteiger partial charge in [0.25, 0.3) is 5.69 Å². The average molecular weight is 304 g/mol. The minimum absolute atomic E-state index is 0.0585. The number of aromatic nitrogens is 1. The van der Waals surface area contributed by atoms with E-state index < -0.39 is 4.92 Å². The van der Waals surface area contributed by atoms with Crippen LogP contribution in [0.3, 0.4) is 0 Å². The number of rotatable bonds is 5. The van der Waals surface area contributed by atoms with Crippen molar-refractivity contribution in [1.29, 1.82) is 0 Å². The van der Waals surface area contributed by atoms with E-state index in [1.807, 2.05) is 0 Å². The summed E-state index contributed by atoms with van der Waals surface area (Å²) >= 11 is 1.25. The monoisotopic (exact) mass is 304 g/mol. The number of nitrogens with zero attached hydrogens (tertiary/aromatic N) is 3. The van der Waals surface area contributed by atoms with Gasteiger partial charge in [-0.15, -0.1) is 11.3 Å².